The lowest BCUT2D eigenvalue weighted by molar-refractivity contribution is -0.132. The van der Waals surface area contributed by atoms with Crippen molar-refractivity contribution >= 4 is 5.91 Å². The molecular formula is C7H15NO4. The molecule has 0 aliphatic rings. The molecule has 0 aromatic heterocycles. The Balaban J connectivity index is 3.83. The van der Waals surface area contributed by atoms with Crippen molar-refractivity contribution in [2.75, 3.05) is 6.61 Å². The van der Waals surface area contributed by atoms with E-state index in [0.29, 0.717) is 0 Å². The molecule has 0 aliphatic carbocycles. The molecule has 12 heavy (non-hydrogen) atoms. The van der Waals surface area contributed by atoms with E-state index in [9.17, 15) is 4.79 Å². The van der Waals surface area contributed by atoms with Gasteiger partial charge in [0.1, 0.15) is 12.3 Å². The summed E-state index contributed by atoms with van der Waals surface area (Å²) in [4.78, 5) is 10.8. The number of aliphatic hydroxyl groups is 3. The van der Waals surface area contributed by atoms with Crippen LogP contribution in [0.1, 0.15) is 13.8 Å². The van der Waals surface area contributed by atoms with Gasteiger partial charge in [-0.25, -0.2) is 0 Å². The zero-order valence-electron chi connectivity index (χ0n) is 7.19. The van der Waals surface area contributed by atoms with Crippen molar-refractivity contribution in [3.8, 4) is 0 Å². The second kappa shape index (κ2) is 5.08. The first kappa shape index (κ1) is 11.4. The van der Waals surface area contributed by atoms with Crippen molar-refractivity contribution in [3.05, 3.63) is 0 Å². The van der Waals surface area contributed by atoms with Crippen molar-refractivity contribution in [2.45, 2.75) is 26.2 Å². The van der Waals surface area contributed by atoms with Crippen LogP contribution in [-0.2, 0) is 4.79 Å². The van der Waals surface area contributed by atoms with Crippen LogP contribution >= 0.6 is 0 Å². The van der Waals surface area contributed by atoms with Gasteiger partial charge < -0.3 is 20.6 Å². The normalized spacial score (nSPS) is 18.1. The van der Waals surface area contributed by atoms with E-state index in [1.165, 1.54) is 6.92 Å². The smallest absolute Gasteiger partial charge is 0.250 e. The van der Waals surface area contributed by atoms with Gasteiger partial charge in [-0.3, -0.25) is 4.79 Å². The van der Waals surface area contributed by atoms with Crippen molar-refractivity contribution < 1.29 is 20.1 Å². The molecule has 0 radical (unpaired) electrons. The first-order valence-electron chi connectivity index (χ1n) is 3.76. The highest BCUT2D eigenvalue weighted by Gasteiger charge is 2.17. The number of hydrogen-bond donors (Lipinski definition) is 4. The van der Waals surface area contributed by atoms with E-state index in [1.807, 2.05) is 0 Å². The van der Waals surface area contributed by atoms with Crippen LogP contribution in [0, 0.1) is 5.92 Å². The molecule has 0 spiro atoms. The van der Waals surface area contributed by atoms with Crippen LogP contribution in [0.25, 0.3) is 0 Å². The van der Waals surface area contributed by atoms with E-state index in [4.69, 9.17) is 15.3 Å². The molecule has 5 nitrogen and oxygen atoms in total. The molecule has 0 aromatic rings. The number of aliphatic hydroxyl groups excluding tert-OH is 3. The maximum Gasteiger partial charge on any atom is 0.250 e. The Morgan fingerprint density at radius 2 is 1.92 bits per heavy atom. The van der Waals surface area contributed by atoms with Gasteiger partial charge in [-0.05, 0) is 6.92 Å². The summed E-state index contributed by atoms with van der Waals surface area (Å²) < 4.78 is 0. The lowest BCUT2D eigenvalue weighted by Gasteiger charge is -2.18. The van der Waals surface area contributed by atoms with E-state index in [0.717, 1.165) is 0 Å². The molecule has 3 atom stereocenters. The van der Waals surface area contributed by atoms with Gasteiger partial charge in [0.05, 0.1) is 0 Å². The van der Waals surface area contributed by atoms with Crippen molar-refractivity contribution in [3.63, 3.8) is 0 Å². The van der Waals surface area contributed by atoms with Gasteiger partial charge in [0.15, 0.2) is 0 Å². The number of carbonyl (C=O) groups is 1. The molecule has 0 rings (SSSR count). The average Bonchev–Trinajstić information content (AvgIpc) is 2.02. The van der Waals surface area contributed by atoms with E-state index < -0.39 is 24.2 Å². The molecule has 0 fully saturated rings. The lowest BCUT2D eigenvalue weighted by Crippen LogP contribution is -2.44. The third-order valence-corrected chi connectivity index (χ3v) is 1.50. The van der Waals surface area contributed by atoms with Crippen LogP contribution in [0.5, 0.6) is 0 Å². The molecule has 0 heterocycles. The van der Waals surface area contributed by atoms with Crippen molar-refractivity contribution in [1.82, 2.24) is 5.32 Å². The van der Waals surface area contributed by atoms with Crippen LogP contribution in [-0.4, -0.2) is 40.2 Å². The first-order chi connectivity index (χ1) is 5.49. The second-order valence-corrected chi connectivity index (χ2v) is 2.79. The van der Waals surface area contributed by atoms with Crippen molar-refractivity contribution in [2.24, 2.45) is 5.92 Å². The third kappa shape index (κ3) is 3.66. The summed E-state index contributed by atoms with van der Waals surface area (Å²) in [7, 11) is 0. The molecule has 0 aromatic carbocycles. The summed E-state index contributed by atoms with van der Waals surface area (Å²) in [6.45, 7) is 2.65. The summed E-state index contributed by atoms with van der Waals surface area (Å²) in [6.07, 6.45) is -2.26. The summed E-state index contributed by atoms with van der Waals surface area (Å²) in [5.74, 6) is -1.09. The number of hydrogen-bond acceptors (Lipinski definition) is 4. The number of rotatable bonds is 4. The number of nitrogens with one attached hydrogen (secondary N) is 1. The van der Waals surface area contributed by atoms with Crippen LogP contribution < -0.4 is 5.32 Å². The topological polar surface area (TPSA) is 89.8 Å². The van der Waals surface area contributed by atoms with Crippen LogP contribution in [0.2, 0.25) is 0 Å². The zero-order chi connectivity index (χ0) is 9.72. The molecule has 0 bridgehead atoms. The van der Waals surface area contributed by atoms with E-state index in [2.05, 4.69) is 5.32 Å². The molecule has 72 valence electrons. The van der Waals surface area contributed by atoms with Gasteiger partial charge in [0, 0.05) is 12.5 Å². The van der Waals surface area contributed by atoms with Crippen molar-refractivity contribution in [1.29, 1.82) is 0 Å². The second-order valence-electron chi connectivity index (χ2n) is 2.79. The fraction of sp³-hybridized carbons (Fsp3) is 0.857. The highest BCUT2D eigenvalue weighted by molar-refractivity contribution is 5.80. The summed E-state index contributed by atoms with van der Waals surface area (Å²) in [5, 5.41) is 28.6. The monoisotopic (exact) mass is 177 g/mol. The van der Waals surface area contributed by atoms with Gasteiger partial charge >= 0.3 is 0 Å². The fourth-order valence-electron chi connectivity index (χ4n) is 0.508. The van der Waals surface area contributed by atoms with Gasteiger partial charge in [0.25, 0.3) is 5.91 Å². The minimum absolute atomic E-state index is 0.221. The van der Waals surface area contributed by atoms with Gasteiger partial charge in [-0.1, -0.05) is 6.92 Å². The molecular weight excluding hydrogens is 162 g/mol. The highest BCUT2D eigenvalue weighted by atomic mass is 16.3. The summed E-state index contributed by atoms with van der Waals surface area (Å²) in [6, 6.07) is 0. The SMILES string of the molecule is CC(O)C(=O)NC(O)C(C)CO. The average molecular weight is 177 g/mol. The van der Waals surface area contributed by atoms with E-state index in [-0.39, 0.29) is 6.61 Å². The van der Waals surface area contributed by atoms with E-state index in [1.54, 1.807) is 6.92 Å². The Hall–Kier alpha value is -0.650. The van der Waals surface area contributed by atoms with Gasteiger partial charge in [-0.15, -0.1) is 0 Å². The Labute approximate surface area is 71.0 Å². The Morgan fingerprint density at radius 1 is 1.42 bits per heavy atom. The van der Waals surface area contributed by atoms with Crippen LogP contribution in [0.15, 0.2) is 0 Å². The predicted octanol–water partition coefficient (Wildman–Crippen LogP) is -1.57. The minimum atomic E-state index is -1.15. The Kier molecular flexibility index (Phi) is 4.80. The maximum atomic E-state index is 10.8. The standard InChI is InChI=1S/C7H15NO4/c1-4(3-9)6(11)8-7(12)5(2)10/h4-6,9-11H,3H2,1-2H3,(H,8,12). The maximum absolute atomic E-state index is 10.8. The molecule has 4 N–H and O–H groups in total. The van der Waals surface area contributed by atoms with E-state index >= 15 is 0 Å². The minimum Gasteiger partial charge on any atom is -0.396 e. The third-order valence-electron chi connectivity index (χ3n) is 1.50. The molecule has 3 unspecified atom stereocenters. The first-order valence-corrected chi connectivity index (χ1v) is 3.76. The number of carbonyl (C=O) groups excluding carboxylic acids is 1. The molecule has 0 aliphatic heterocycles. The highest BCUT2D eigenvalue weighted by Crippen LogP contribution is 1.98. The zero-order valence-corrected chi connectivity index (χ0v) is 7.19. The Morgan fingerprint density at radius 3 is 2.25 bits per heavy atom. The molecule has 0 saturated carbocycles. The van der Waals surface area contributed by atoms with Gasteiger partial charge in [-0.2, -0.15) is 0 Å². The van der Waals surface area contributed by atoms with Gasteiger partial charge in [0.2, 0.25) is 0 Å². The van der Waals surface area contributed by atoms with Crippen LogP contribution in [0.3, 0.4) is 0 Å². The molecule has 0 saturated heterocycles. The predicted molar refractivity (Wildman–Crippen MR) is 42.1 cm³/mol. The summed E-state index contributed by atoms with van der Waals surface area (Å²) >= 11 is 0. The van der Waals surface area contributed by atoms with Crippen LogP contribution in [0.4, 0.5) is 0 Å². The Bertz CT molecular complexity index is 148. The quantitative estimate of drug-likeness (QED) is 0.390. The lowest BCUT2D eigenvalue weighted by atomic mass is 10.1. The molecule has 1 amide bonds. The largest absolute Gasteiger partial charge is 0.396 e. The summed E-state index contributed by atoms with van der Waals surface area (Å²) in [5.41, 5.74) is 0. The molecule has 5 heteroatoms. The number of amides is 1. The fourth-order valence-corrected chi connectivity index (χ4v) is 0.508.